The highest BCUT2D eigenvalue weighted by Crippen LogP contribution is 2.31. The molecule has 2 aromatic rings. The third-order valence-corrected chi connectivity index (χ3v) is 4.18. The van der Waals surface area contributed by atoms with Crippen molar-refractivity contribution in [2.24, 2.45) is 5.10 Å². The summed E-state index contributed by atoms with van der Waals surface area (Å²) < 4.78 is 34.5. The average Bonchev–Trinajstić information content (AvgIpc) is 2.68. The van der Waals surface area contributed by atoms with Crippen LogP contribution >= 0.6 is 0 Å². The second-order valence-electron chi connectivity index (χ2n) is 6.29. The normalized spacial score (nSPS) is 13.9. The van der Waals surface area contributed by atoms with Gasteiger partial charge in [-0.3, -0.25) is 9.59 Å². The van der Waals surface area contributed by atoms with Gasteiger partial charge in [0.2, 0.25) is 5.91 Å². The van der Waals surface area contributed by atoms with Crippen LogP contribution < -0.4 is 19.8 Å². The molecular weight excluding hydrogens is 384 g/mol. The molecule has 0 aliphatic carbocycles. The lowest BCUT2D eigenvalue weighted by Gasteiger charge is -2.23. The molecule has 29 heavy (non-hydrogen) atoms. The molecule has 0 saturated heterocycles. The number of amides is 2. The summed E-state index contributed by atoms with van der Waals surface area (Å²) in [5.74, 6) is -0.857. The predicted molar refractivity (Wildman–Crippen MR) is 104 cm³/mol. The predicted octanol–water partition coefficient (Wildman–Crippen LogP) is 3.73. The van der Waals surface area contributed by atoms with E-state index in [-0.39, 0.29) is 41.6 Å². The van der Waals surface area contributed by atoms with Crippen LogP contribution in [0.4, 0.5) is 20.2 Å². The third-order valence-electron chi connectivity index (χ3n) is 4.18. The molecule has 0 atom stereocenters. The van der Waals surface area contributed by atoms with Crippen LogP contribution in [0.3, 0.4) is 0 Å². The molecule has 1 aliphatic rings. The van der Waals surface area contributed by atoms with Gasteiger partial charge in [-0.05, 0) is 36.8 Å². The largest absolute Gasteiger partial charge is 0.493 e. The number of nitrogens with zero attached hydrogens (tertiary/aromatic N) is 2. The maximum Gasteiger partial charge on any atom is 0.387 e. The lowest BCUT2D eigenvalue weighted by Crippen LogP contribution is -2.36. The first-order valence-corrected chi connectivity index (χ1v) is 8.78. The number of rotatable bonds is 6. The molecule has 0 spiro atoms. The van der Waals surface area contributed by atoms with Crippen molar-refractivity contribution >= 4 is 28.9 Å². The van der Waals surface area contributed by atoms with Gasteiger partial charge in [-0.25, -0.2) is 5.01 Å². The molecule has 0 saturated carbocycles. The first kappa shape index (κ1) is 20.2. The van der Waals surface area contributed by atoms with Gasteiger partial charge in [0.15, 0.2) is 11.5 Å². The Balaban J connectivity index is 1.81. The molecule has 0 radical (unpaired) electrons. The molecule has 0 fully saturated rings. The van der Waals surface area contributed by atoms with Crippen LogP contribution in [0.5, 0.6) is 11.5 Å². The molecule has 1 aliphatic heterocycles. The van der Waals surface area contributed by atoms with Crippen molar-refractivity contribution in [2.75, 3.05) is 17.4 Å². The highest BCUT2D eigenvalue weighted by molar-refractivity contribution is 6.44. The number of methoxy groups -OCH3 is 1. The molecule has 2 amide bonds. The Bertz CT molecular complexity index is 962. The number of anilines is 2. The molecule has 152 valence electrons. The zero-order valence-corrected chi connectivity index (χ0v) is 15.8. The number of aryl methyl sites for hydroxylation is 1. The first-order chi connectivity index (χ1) is 13.9. The Morgan fingerprint density at radius 2 is 1.97 bits per heavy atom. The molecule has 9 heteroatoms. The Kier molecular flexibility index (Phi) is 6.06. The number of carbonyl (C=O) groups excluding carboxylic acids is 2. The van der Waals surface area contributed by atoms with Crippen LogP contribution in [0.15, 0.2) is 47.6 Å². The Morgan fingerprint density at radius 1 is 1.17 bits per heavy atom. The quantitative estimate of drug-likeness (QED) is 0.797. The van der Waals surface area contributed by atoms with Gasteiger partial charge >= 0.3 is 6.61 Å². The Morgan fingerprint density at radius 3 is 2.66 bits per heavy atom. The summed E-state index contributed by atoms with van der Waals surface area (Å²) in [6.07, 6.45) is 0.298. The summed E-state index contributed by atoms with van der Waals surface area (Å²) in [5, 5.41) is 7.97. The van der Waals surface area contributed by atoms with E-state index in [0.717, 1.165) is 5.56 Å². The number of halogens is 2. The molecule has 1 N–H and O–H groups in total. The van der Waals surface area contributed by atoms with Crippen molar-refractivity contribution in [3.63, 3.8) is 0 Å². The van der Waals surface area contributed by atoms with Crippen LogP contribution in [0.2, 0.25) is 0 Å². The first-order valence-electron chi connectivity index (χ1n) is 8.78. The van der Waals surface area contributed by atoms with E-state index in [9.17, 15) is 18.4 Å². The zero-order valence-electron chi connectivity index (χ0n) is 15.8. The standard InChI is InChI=1S/C20H19F2N3O4/c1-12-4-3-5-14(10-12)25-18(26)9-7-15(24-25)19(27)23-13-6-8-16(28-2)17(11-13)29-20(21)22/h3-6,8,10-11,20H,7,9H2,1-2H3,(H,23,27). The summed E-state index contributed by atoms with van der Waals surface area (Å²) in [7, 11) is 1.32. The van der Waals surface area contributed by atoms with Crippen molar-refractivity contribution in [1.82, 2.24) is 0 Å². The van der Waals surface area contributed by atoms with Crippen LogP contribution in [0.25, 0.3) is 0 Å². The SMILES string of the molecule is COc1ccc(NC(=O)C2=NN(c3cccc(C)c3)C(=O)CC2)cc1OC(F)F. The molecule has 1 heterocycles. The van der Waals surface area contributed by atoms with E-state index in [2.05, 4.69) is 15.2 Å². The van der Waals surface area contributed by atoms with Gasteiger partial charge in [0.25, 0.3) is 5.91 Å². The minimum Gasteiger partial charge on any atom is -0.493 e. The minimum absolute atomic E-state index is 0.106. The van der Waals surface area contributed by atoms with E-state index < -0.39 is 12.5 Å². The number of hydrazone groups is 1. The fraction of sp³-hybridized carbons (Fsp3) is 0.250. The molecular formula is C20H19F2N3O4. The van der Waals surface area contributed by atoms with Gasteiger partial charge in [0.1, 0.15) is 5.71 Å². The summed E-state index contributed by atoms with van der Waals surface area (Å²) in [4.78, 5) is 24.8. The Labute approximate surface area is 165 Å². The molecule has 3 rings (SSSR count). The second kappa shape index (κ2) is 8.68. The smallest absolute Gasteiger partial charge is 0.387 e. The fourth-order valence-corrected chi connectivity index (χ4v) is 2.82. The van der Waals surface area contributed by atoms with Crippen molar-refractivity contribution < 1.29 is 27.8 Å². The van der Waals surface area contributed by atoms with Gasteiger partial charge in [-0.1, -0.05) is 12.1 Å². The van der Waals surface area contributed by atoms with Crippen LogP contribution in [0, 0.1) is 6.92 Å². The van der Waals surface area contributed by atoms with Crippen LogP contribution in [-0.2, 0) is 9.59 Å². The molecule has 2 aromatic carbocycles. The monoisotopic (exact) mass is 403 g/mol. The number of hydrogen-bond acceptors (Lipinski definition) is 5. The van der Waals surface area contributed by atoms with E-state index in [1.165, 1.54) is 30.3 Å². The number of hydrogen-bond donors (Lipinski definition) is 1. The lowest BCUT2D eigenvalue weighted by atomic mass is 10.1. The summed E-state index contributed by atoms with van der Waals surface area (Å²) >= 11 is 0. The van der Waals surface area contributed by atoms with Gasteiger partial charge in [-0.15, -0.1) is 0 Å². The second-order valence-corrected chi connectivity index (χ2v) is 6.29. The Hall–Kier alpha value is -3.49. The lowest BCUT2D eigenvalue weighted by molar-refractivity contribution is -0.118. The van der Waals surface area contributed by atoms with Gasteiger partial charge in [0.05, 0.1) is 12.8 Å². The summed E-state index contributed by atoms with van der Waals surface area (Å²) in [6, 6.07) is 11.3. The number of nitrogens with one attached hydrogen (secondary N) is 1. The van der Waals surface area contributed by atoms with Crippen molar-refractivity contribution in [2.45, 2.75) is 26.4 Å². The average molecular weight is 403 g/mol. The maximum absolute atomic E-state index is 12.6. The molecule has 0 bridgehead atoms. The van der Waals surface area contributed by atoms with Gasteiger partial charge in [0, 0.05) is 24.6 Å². The van der Waals surface area contributed by atoms with Crippen molar-refractivity contribution in [3.05, 3.63) is 48.0 Å². The number of carbonyl (C=O) groups is 2. The highest BCUT2D eigenvalue weighted by atomic mass is 19.3. The van der Waals surface area contributed by atoms with Crippen molar-refractivity contribution in [1.29, 1.82) is 0 Å². The highest BCUT2D eigenvalue weighted by Gasteiger charge is 2.26. The minimum atomic E-state index is -3.04. The molecule has 0 unspecified atom stereocenters. The van der Waals surface area contributed by atoms with Crippen LogP contribution in [-0.4, -0.2) is 31.2 Å². The topological polar surface area (TPSA) is 80.2 Å². The van der Waals surface area contributed by atoms with Gasteiger partial charge < -0.3 is 14.8 Å². The number of benzene rings is 2. The van der Waals surface area contributed by atoms with E-state index in [4.69, 9.17) is 4.74 Å². The summed E-state index contributed by atoms with van der Waals surface area (Å²) in [6.45, 7) is -1.15. The van der Waals surface area contributed by atoms with E-state index >= 15 is 0 Å². The van der Waals surface area contributed by atoms with E-state index in [1.807, 2.05) is 13.0 Å². The third kappa shape index (κ3) is 4.87. The number of alkyl halides is 2. The van der Waals surface area contributed by atoms with Crippen molar-refractivity contribution in [3.8, 4) is 11.5 Å². The maximum atomic E-state index is 12.6. The number of ether oxygens (including phenoxy) is 2. The van der Waals surface area contributed by atoms with E-state index in [0.29, 0.717) is 5.69 Å². The fourth-order valence-electron chi connectivity index (χ4n) is 2.82. The van der Waals surface area contributed by atoms with E-state index in [1.54, 1.807) is 18.2 Å². The summed E-state index contributed by atoms with van der Waals surface area (Å²) in [5.41, 5.74) is 1.90. The molecule has 0 aromatic heterocycles. The van der Waals surface area contributed by atoms with Crippen LogP contribution in [0.1, 0.15) is 18.4 Å². The molecule has 7 nitrogen and oxygen atoms in total. The zero-order chi connectivity index (χ0) is 21.0. The van der Waals surface area contributed by atoms with Gasteiger partial charge in [-0.2, -0.15) is 13.9 Å².